The molecule has 0 aliphatic heterocycles. The molecule has 0 aliphatic carbocycles. The summed E-state index contributed by atoms with van der Waals surface area (Å²) in [6, 6.07) is 12.4. The smallest absolute Gasteiger partial charge is 0.244 e. The average molecular weight is 502 g/mol. The van der Waals surface area contributed by atoms with E-state index >= 15 is 0 Å². The topological polar surface area (TPSA) is 86.8 Å². The predicted octanol–water partition coefficient (Wildman–Crippen LogP) is 4.10. The molecule has 35 heavy (non-hydrogen) atoms. The van der Waals surface area contributed by atoms with Crippen LogP contribution in [0.25, 0.3) is 0 Å². The van der Waals surface area contributed by atoms with Crippen molar-refractivity contribution in [1.82, 2.24) is 10.2 Å². The van der Waals surface area contributed by atoms with E-state index in [-0.39, 0.29) is 25.0 Å². The zero-order valence-electron chi connectivity index (χ0n) is 22.0. The number of nitrogens with one attached hydrogen (secondary N) is 1. The molecule has 0 radical (unpaired) electrons. The quantitative estimate of drug-likeness (QED) is 0.502. The van der Waals surface area contributed by atoms with Crippen LogP contribution in [0.4, 0.5) is 5.69 Å². The molecule has 2 rings (SSSR count). The summed E-state index contributed by atoms with van der Waals surface area (Å²) in [5, 5.41) is 2.98. The first-order chi connectivity index (χ1) is 16.4. The lowest BCUT2D eigenvalue weighted by molar-refractivity contribution is -0.140. The van der Waals surface area contributed by atoms with Gasteiger partial charge in [0.05, 0.1) is 11.9 Å². The van der Waals surface area contributed by atoms with Gasteiger partial charge in [-0.2, -0.15) is 0 Å². The fourth-order valence-corrected chi connectivity index (χ4v) is 4.84. The van der Waals surface area contributed by atoms with E-state index in [4.69, 9.17) is 0 Å². The summed E-state index contributed by atoms with van der Waals surface area (Å²) < 4.78 is 26.6. The largest absolute Gasteiger partial charge is 0.352 e. The summed E-state index contributed by atoms with van der Waals surface area (Å²) in [7, 11) is -3.75. The van der Waals surface area contributed by atoms with E-state index < -0.39 is 22.0 Å². The molecule has 2 aromatic rings. The Morgan fingerprint density at radius 2 is 1.54 bits per heavy atom. The van der Waals surface area contributed by atoms with Crippen LogP contribution in [0, 0.1) is 20.8 Å². The molecule has 0 heterocycles. The van der Waals surface area contributed by atoms with E-state index in [0.29, 0.717) is 12.1 Å². The highest BCUT2D eigenvalue weighted by Gasteiger charge is 2.32. The Balaban J connectivity index is 2.46. The van der Waals surface area contributed by atoms with Crippen molar-refractivity contribution >= 4 is 27.5 Å². The van der Waals surface area contributed by atoms with Crippen LogP contribution in [0.5, 0.6) is 0 Å². The van der Waals surface area contributed by atoms with Gasteiger partial charge in [0, 0.05) is 12.6 Å². The lowest BCUT2D eigenvalue weighted by Gasteiger charge is -2.33. The standard InChI is InChI=1S/C27H39N3O4S/c1-8-22(6)28-27(32)24(9-2)29(17-23-13-10-19(3)11-14-23)26(31)18-30(35(7,33)34)25-15-12-20(4)16-21(25)5/h10-16,22,24H,8-9,17-18H2,1-7H3,(H,28,32)/t22-,24+/m1/s1. The highest BCUT2D eigenvalue weighted by molar-refractivity contribution is 7.92. The van der Waals surface area contributed by atoms with Crippen LogP contribution in [-0.2, 0) is 26.2 Å². The first-order valence-electron chi connectivity index (χ1n) is 12.1. The molecule has 2 atom stereocenters. The van der Waals surface area contributed by atoms with Gasteiger partial charge in [-0.05, 0) is 57.7 Å². The highest BCUT2D eigenvalue weighted by atomic mass is 32.2. The minimum atomic E-state index is -3.75. The Bertz CT molecular complexity index is 1130. The molecule has 7 nitrogen and oxygen atoms in total. The summed E-state index contributed by atoms with van der Waals surface area (Å²) in [6.07, 6.45) is 2.27. The van der Waals surface area contributed by atoms with Crippen LogP contribution in [0.2, 0.25) is 0 Å². The fourth-order valence-electron chi connectivity index (χ4n) is 3.93. The van der Waals surface area contributed by atoms with E-state index in [0.717, 1.165) is 39.2 Å². The van der Waals surface area contributed by atoms with E-state index in [1.54, 1.807) is 6.07 Å². The number of benzene rings is 2. The van der Waals surface area contributed by atoms with E-state index in [9.17, 15) is 18.0 Å². The molecule has 8 heteroatoms. The van der Waals surface area contributed by atoms with Crippen LogP contribution in [-0.4, -0.2) is 50.0 Å². The van der Waals surface area contributed by atoms with Crippen LogP contribution in [0.15, 0.2) is 42.5 Å². The van der Waals surface area contributed by atoms with Crippen LogP contribution >= 0.6 is 0 Å². The minimum Gasteiger partial charge on any atom is -0.352 e. The molecule has 0 saturated carbocycles. The molecular weight excluding hydrogens is 462 g/mol. The van der Waals surface area contributed by atoms with Crippen LogP contribution in [0.1, 0.15) is 55.9 Å². The van der Waals surface area contributed by atoms with Crippen molar-refractivity contribution in [2.75, 3.05) is 17.1 Å². The summed E-state index contributed by atoms with van der Waals surface area (Å²) in [4.78, 5) is 28.4. The lowest BCUT2D eigenvalue weighted by Crippen LogP contribution is -2.53. The van der Waals surface area contributed by atoms with Crippen molar-refractivity contribution in [2.45, 2.75) is 73.0 Å². The van der Waals surface area contributed by atoms with Gasteiger partial charge in [0.15, 0.2) is 0 Å². The van der Waals surface area contributed by atoms with Crippen molar-refractivity contribution in [3.05, 3.63) is 64.7 Å². The van der Waals surface area contributed by atoms with Gasteiger partial charge in [0.1, 0.15) is 12.6 Å². The number of aryl methyl sites for hydroxylation is 3. The van der Waals surface area contributed by atoms with Gasteiger partial charge >= 0.3 is 0 Å². The van der Waals surface area contributed by atoms with Crippen molar-refractivity contribution < 1.29 is 18.0 Å². The average Bonchev–Trinajstić information content (AvgIpc) is 2.78. The number of amides is 2. The monoisotopic (exact) mass is 501 g/mol. The van der Waals surface area contributed by atoms with Crippen LogP contribution < -0.4 is 9.62 Å². The molecule has 0 fully saturated rings. The molecule has 0 aromatic heterocycles. The Labute approximate surface area is 210 Å². The minimum absolute atomic E-state index is 0.0318. The molecular formula is C27H39N3O4S. The molecule has 192 valence electrons. The zero-order chi connectivity index (χ0) is 26.3. The second-order valence-corrected chi connectivity index (χ2v) is 11.2. The summed E-state index contributed by atoms with van der Waals surface area (Å²) in [5.41, 5.74) is 4.18. The van der Waals surface area contributed by atoms with Gasteiger partial charge in [-0.25, -0.2) is 8.42 Å². The number of anilines is 1. The number of hydrogen-bond acceptors (Lipinski definition) is 4. The molecule has 0 spiro atoms. The molecule has 2 aromatic carbocycles. The van der Waals surface area contributed by atoms with Crippen molar-refractivity contribution in [2.24, 2.45) is 0 Å². The first-order valence-corrected chi connectivity index (χ1v) is 13.9. The Kier molecular flexibility index (Phi) is 9.89. The maximum atomic E-state index is 13.7. The maximum Gasteiger partial charge on any atom is 0.244 e. The second kappa shape index (κ2) is 12.2. The first kappa shape index (κ1) is 28.4. The molecule has 0 aliphatic rings. The van der Waals surface area contributed by atoms with Crippen molar-refractivity contribution in [3.8, 4) is 0 Å². The Morgan fingerprint density at radius 3 is 2.06 bits per heavy atom. The number of nitrogens with zero attached hydrogens (tertiary/aromatic N) is 2. The zero-order valence-corrected chi connectivity index (χ0v) is 22.8. The van der Waals surface area contributed by atoms with Gasteiger partial charge in [-0.15, -0.1) is 0 Å². The highest BCUT2D eigenvalue weighted by Crippen LogP contribution is 2.24. The lowest BCUT2D eigenvalue weighted by atomic mass is 10.1. The van der Waals surface area contributed by atoms with E-state index in [1.165, 1.54) is 4.90 Å². The third kappa shape index (κ3) is 7.82. The Hall–Kier alpha value is -2.87. The normalized spacial score (nSPS) is 13.1. The summed E-state index contributed by atoms with van der Waals surface area (Å²) >= 11 is 0. The predicted molar refractivity (Wildman–Crippen MR) is 142 cm³/mol. The fraction of sp³-hybridized carbons (Fsp3) is 0.481. The number of carbonyl (C=O) groups excluding carboxylic acids is 2. The van der Waals surface area contributed by atoms with Gasteiger partial charge in [0.25, 0.3) is 0 Å². The SMILES string of the molecule is CC[C@@H](C)NC(=O)[C@H](CC)N(Cc1ccc(C)cc1)C(=O)CN(c1ccc(C)cc1C)S(C)(=O)=O. The van der Waals surface area contributed by atoms with E-state index in [1.807, 2.05) is 77.9 Å². The molecule has 1 N–H and O–H groups in total. The third-order valence-electron chi connectivity index (χ3n) is 6.16. The molecule has 0 bridgehead atoms. The number of carbonyl (C=O) groups is 2. The number of sulfonamides is 1. The van der Waals surface area contributed by atoms with Gasteiger partial charge in [0.2, 0.25) is 21.8 Å². The van der Waals surface area contributed by atoms with Crippen molar-refractivity contribution in [1.29, 1.82) is 0 Å². The molecule has 0 saturated heterocycles. The van der Waals surface area contributed by atoms with Gasteiger partial charge in [-0.3, -0.25) is 13.9 Å². The Morgan fingerprint density at radius 1 is 0.943 bits per heavy atom. The number of hydrogen-bond donors (Lipinski definition) is 1. The number of rotatable bonds is 11. The second-order valence-electron chi connectivity index (χ2n) is 9.31. The van der Waals surface area contributed by atoms with E-state index in [2.05, 4.69) is 5.32 Å². The van der Waals surface area contributed by atoms with Crippen LogP contribution in [0.3, 0.4) is 0 Å². The van der Waals surface area contributed by atoms with Gasteiger partial charge in [-0.1, -0.05) is 61.4 Å². The van der Waals surface area contributed by atoms with Crippen molar-refractivity contribution in [3.63, 3.8) is 0 Å². The summed E-state index contributed by atoms with van der Waals surface area (Å²) in [5.74, 6) is -0.665. The maximum absolute atomic E-state index is 13.7. The molecule has 2 amide bonds. The molecule has 0 unspecified atom stereocenters. The third-order valence-corrected chi connectivity index (χ3v) is 7.29. The van der Waals surface area contributed by atoms with Gasteiger partial charge < -0.3 is 10.2 Å². The summed E-state index contributed by atoms with van der Waals surface area (Å²) in [6.45, 7) is 11.3.